The summed E-state index contributed by atoms with van der Waals surface area (Å²) >= 11 is 0. The van der Waals surface area contributed by atoms with E-state index in [9.17, 15) is 28.2 Å². The summed E-state index contributed by atoms with van der Waals surface area (Å²) in [4.78, 5) is 15.7. The van der Waals surface area contributed by atoms with Crippen molar-refractivity contribution in [2.24, 2.45) is 0 Å². The lowest BCUT2D eigenvalue weighted by molar-refractivity contribution is -0.137. The molecule has 3 N–H and O–H groups in total. The Kier molecular flexibility index (Phi) is 7.00. The van der Waals surface area contributed by atoms with Crippen LogP contribution in [0.25, 0.3) is 22.7 Å². The van der Waals surface area contributed by atoms with Gasteiger partial charge in [-0.25, -0.2) is 4.98 Å². The number of carbonyl (C=O) groups is 1. The van der Waals surface area contributed by atoms with Gasteiger partial charge in [0.05, 0.1) is 24.3 Å². The van der Waals surface area contributed by atoms with Gasteiger partial charge in [0.1, 0.15) is 12.0 Å². The summed E-state index contributed by atoms with van der Waals surface area (Å²) in [6.07, 6.45) is -2.11. The molecule has 0 radical (unpaired) electrons. The predicted molar refractivity (Wildman–Crippen MR) is 111 cm³/mol. The number of hydrogen-bond acceptors (Lipinski definition) is 5. The molecule has 0 atom stereocenters. The third-order valence-corrected chi connectivity index (χ3v) is 5.15. The average Bonchev–Trinajstić information content (AvgIpc) is 3.26. The highest BCUT2D eigenvalue weighted by molar-refractivity contribution is 5.73. The van der Waals surface area contributed by atoms with E-state index in [1.54, 1.807) is 0 Å². The molecule has 0 aliphatic rings. The zero-order valence-electron chi connectivity index (χ0n) is 17.3. The maximum atomic E-state index is 12.7. The van der Waals surface area contributed by atoms with Crippen molar-refractivity contribution in [1.82, 2.24) is 10.3 Å². The van der Waals surface area contributed by atoms with Gasteiger partial charge in [-0.3, -0.25) is 4.79 Å². The second-order valence-corrected chi connectivity index (χ2v) is 7.59. The first-order valence-electron chi connectivity index (χ1n) is 9.89. The van der Waals surface area contributed by atoms with E-state index in [4.69, 9.17) is 4.42 Å². The number of aromatic nitrogens is 1. The monoisotopic (exact) mass is 448 g/mol. The summed E-state index contributed by atoms with van der Waals surface area (Å²) in [5.74, 6) is -0.123. The van der Waals surface area contributed by atoms with Crippen molar-refractivity contribution in [2.75, 3.05) is 13.2 Å². The van der Waals surface area contributed by atoms with Crippen LogP contribution in [-0.4, -0.2) is 39.9 Å². The van der Waals surface area contributed by atoms with Gasteiger partial charge in [-0.15, -0.1) is 0 Å². The Balaban J connectivity index is 1.69. The minimum absolute atomic E-state index is 0.212. The lowest BCUT2D eigenvalue weighted by Gasteiger charge is -2.30. The number of nitrogens with one attached hydrogen (secondary N) is 1. The quantitative estimate of drug-likeness (QED) is 0.487. The van der Waals surface area contributed by atoms with Crippen molar-refractivity contribution < 1.29 is 32.6 Å². The van der Waals surface area contributed by atoms with Gasteiger partial charge in [0, 0.05) is 18.1 Å². The van der Waals surface area contributed by atoms with Gasteiger partial charge in [-0.1, -0.05) is 24.3 Å². The topological polar surface area (TPSA) is 95.6 Å². The van der Waals surface area contributed by atoms with Crippen LogP contribution in [0.2, 0.25) is 0 Å². The number of nitrogens with zero attached hydrogens (tertiary/aromatic N) is 1. The number of carbonyl (C=O) groups excluding carboxylic acids is 1. The highest BCUT2D eigenvalue weighted by atomic mass is 19.4. The molecule has 0 aliphatic carbocycles. The fraction of sp³-hybridized carbons (Fsp3) is 0.304. The van der Waals surface area contributed by atoms with Crippen molar-refractivity contribution in [1.29, 1.82) is 0 Å². The van der Waals surface area contributed by atoms with E-state index in [0.29, 0.717) is 24.1 Å². The number of rotatable bonds is 8. The lowest BCUT2D eigenvalue weighted by Crippen LogP contribution is -2.53. The normalized spacial score (nSPS) is 12.1. The zero-order chi connectivity index (χ0) is 23.4. The molecule has 1 amide bonds. The van der Waals surface area contributed by atoms with Crippen LogP contribution in [0.3, 0.4) is 0 Å². The standard InChI is InChI=1S/C23H23F3N2O4/c1-15(31)28-22(13-29,14-30)11-10-16-2-4-17(5-3-16)20-12-32-21(27-20)18-6-8-19(9-7-18)23(24,25)26/h2-9,12,29-30H,10-11,13-14H2,1H3,(H,28,31). The minimum Gasteiger partial charge on any atom is -0.444 e. The highest BCUT2D eigenvalue weighted by Crippen LogP contribution is 2.31. The van der Waals surface area contributed by atoms with Crippen LogP contribution >= 0.6 is 0 Å². The SMILES string of the molecule is CC(=O)NC(CO)(CO)CCc1ccc(-c2coc(-c3ccc(C(F)(F)F)cc3)n2)cc1. The minimum atomic E-state index is -4.40. The maximum Gasteiger partial charge on any atom is 0.416 e. The Bertz CT molecular complexity index is 1040. The van der Waals surface area contributed by atoms with Gasteiger partial charge >= 0.3 is 6.18 Å². The average molecular weight is 448 g/mol. The number of aryl methyl sites for hydroxylation is 1. The number of oxazole rings is 1. The van der Waals surface area contributed by atoms with Crippen molar-refractivity contribution >= 4 is 5.91 Å². The van der Waals surface area contributed by atoms with Crippen molar-refractivity contribution in [3.8, 4) is 22.7 Å². The van der Waals surface area contributed by atoms with Gasteiger partial charge in [0.25, 0.3) is 0 Å². The van der Waals surface area contributed by atoms with Crippen LogP contribution in [0.4, 0.5) is 13.2 Å². The van der Waals surface area contributed by atoms with Crippen molar-refractivity contribution in [3.05, 3.63) is 65.9 Å². The fourth-order valence-corrected chi connectivity index (χ4v) is 3.29. The molecule has 0 bridgehead atoms. The largest absolute Gasteiger partial charge is 0.444 e. The molecule has 0 unspecified atom stereocenters. The van der Waals surface area contributed by atoms with Crippen LogP contribution in [0.1, 0.15) is 24.5 Å². The summed E-state index contributed by atoms with van der Waals surface area (Å²) in [5.41, 5.74) is 0.819. The zero-order valence-corrected chi connectivity index (χ0v) is 17.3. The number of hydrogen-bond donors (Lipinski definition) is 3. The molecule has 0 saturated heterocycles. The number of benzene rings is 2. The van der Waals surface area contributed by atoms with Crippen LogP contribution in [-0.2, 0) is 17.4 Å². The smallest absolute Gasteiger partial charge is 0.416 e. The van der Waals surface area contributed by atoms with Gasteiger partial charge in [0.15, 0.2) is 0 Å². The van der Waals surface area contributed by atoms with Crippen LogP contribution in [0.15, 0.2) is 59.2 Å². The maximum absolute atomic E-state index is 12.7. The van der Waals surface area contributed by atoms with Gasteiger partial charge in [-0.05, 0) is 42.7 Å². The van der Waals surface area contributed by atoms with E-state index >= 15 is 0 Å². The van der Waals surface area contributed by atoms with E-state index < -0.39 is 17.3 Å². The number of aliphatic hydroxyl groups excluding tert-OH is 2. The third kappa shape index (κ3) is 5.54. The molecule has 1 heterocycles. The molecule has 6 nitrogen and oxygen atoms in total. The number of halogens is 3. The molecule has 0 saturated carbocycles. The number of aliphatic hydroxyl groups is 2. The van der Waals surface area contributed by atoms with Crippen LogP contribution < -0.4 is 5.32 Å². The van der Waals surface area contributed by atoms with E-state index in [0.717, 1.165) is 23.3 Å². The van der Waals surface area contributed by atoms with E-state index in [1.807, 2.05) is 24.3 Å². The highest BCUT2D eigenvalue weighted by Gasteiger charge is 2.30. The molecule has 0 aliphatic heterocycles. The number of alkyl halides is 3. The summed E-state index contributed by atoms with van der Waals surface area (Å²) in [7, 11) is 0. The van der Waals surface area contributed by atoms with Crippen LogP contribution in [0.5, 0.6) is 0 Å². The molecule has 170 valence electrons. The summed E-state index contributed by atoms with van der Waals surface area (Å²) < 4.78 is 43.6. The van der Waals surface area contributed by atoms with E-state index in [1.165, 1.54) is 25.3 Å². The second-order valence-electron chi connectivity index (χ2n) is 7.59. The molecule has 1 aromatic heterocycles. The molecular weight excluding hydrogens is 425 g/mol. The van der Waals surface area contributed by atoms with Gasteiger partial charge in [0.2, 0.25) is 11.8 Å². The fourth-order valence-electron chi connectivity index (χ4n) is 3.29. The van der Waals surface area contributed by atoms with Crippen molar-refractivity contribution in [3.63, 3.8) is 0 Å². The second kappa shape index (κ2) is 9.54. The predicted octanol–water partition coefficient (Wildman–Crippen LogP) is 3.82. The molecular formula is C23H23F3N2O4. The first kappa shape index (κ1) is 23.5. The van der Waals surface area contributed by atoms with Crippen molar-refractivity contribution in [2.45, 2.75) is 31.5 Å². The van der Waals surface area contributed by atoms with Gasteiger partial charge < -0.3 is 19.9 Å². The Morgan fingerprint density at radius 1 is 1.00 bits per heavy atom. The molecule has 0 spiro atoms. The first-order valence-corrected chi connectivity index (χ1v) is 9.89. The van der Waals surface area contributed by atoms with E-state index in [2.05, 4.69) is 10.3 Å². The molecule has 32 heavy (non-hydrogen) atoms. The summed E-state index contributed by atoms with van der Waals surface area (Å²) in [5, 5.41) is 21.8. The Hall–Kier alpha value is -3.17. The first-order chi connectivity index (χ1) is 15.2. The molecule has 3 aromatic rings. The summed E-state index contributed by atoms with van der Waals surface area (Å²) in [6, 6.07) is 11.9. The van der Waals surface area contributed by atoms with Crippen LogP contribution in [0, 0.1) is 0 Å². The lowest BCUT2D eigenvalue weighted by atomic mass is 9.92. The van der Waals surface area contributed by atoms with Gasteiger partial charge in [-0.2, -0.15) is 13.2 Å². The third-order valence-electron chi connectivity index (χ3n) is 5.15. The Morgan fingerprint density at radius 2 is 1.59 bits per heavy atom. The molecule has 2 aromatic carbocycles. The van der Waals surface area contributed by atoms with E-state index in [-0.39, 0.29) is 25.0 Å². The Morgan fingerprint density at radius 3 is 2.12 bits per heavy atom. The molecule has 3 rings (SSSR count). The summed E-state index contributed by atoms with van der Waals surface area (Å²) in [6.45, 7) is 0.561. The Labute approximate surface area is 182 Å². The molecule has 9 heteroatoms. The number of amides is 1. The molecule has 0 fully saturated rings.